The van der Waals surface area contributed by atoms with Crippen LogP contribution in [-0.2, 0) is 6.54 Å². The third-order valence-electron chi connectivity index (χ3n) is 2.39. The number of rotatable bonds is 2. The van der Waals surface area contributed by atoms with Crippen LogP contribution in [0.5, 0.6) is 0 Å². The number of aryl methyl sites for hydroxylation is 1. The first kappa shape index (κ1) is 12.0. The lowest BCUT2D eigenvalue weighted by atomic mass is 10.2. The molecule has 0 atom stereocenters. The van der Waals surface area contributed by atoms with Crippen molar-refractivity contribution in [2.75, 3.05) is 0 Å². The van der Waals surface area contributed by atoms with Crippen molar-refractivity contribution in [2.45, 2.75) is 13.5 Å². The number of benzene rings is 1. The Morgan fingerprint density at radius 1 is 1.47 bits per heavy atom. The molecule has 2 rings (SSSR count). The number of hydrogen-bond donors (Lipinski definition) is 0. The lowest BCUT2D eigenvalue weighted by molar-refractivity contribution is 0.614. The highest BCUT2D eigenvalue weighted by Gasteiger charge is 2.06. The number of nitrogens with zero attached hydrogens (tertiary/aromatic N) is 2. The Labute approximate surface area is 106 Å². The van der Waals surface area contributed by atoms with Gasteiger partial charge in [-0.05, 0) is 34.5 Å². The van der Waals surface area contributed by atoms with Gasteiger partial charge < -0.3 is 0 Å². The standard InChI is InChI=1S/C12H10BrFN2O/c1-8-5-11(17)16(7-15-8)6-9-3-2-4-10(14)12(9)13/h2-5,7H,6H2,1H3. The molecular formula is C12H10BrFN2O. The zero-order valence-corrected chi connectivity index (χ0v) is 10.7. The van der Waals surface area contributed by atoms with Crippen LogP contribution in [-0.4, -0.2) is 9.55 Å². The van der Waals surface area contributed by atoms with Gasteiger partial charge in [-0.2, -0.15) is 0 Å². The minimum atomic E-state index is -0.337. The molecule has 0 aliphatic heterocycles. The first-order valence-corrected chi connectivity index (χ1v) is 5.83. The van der Waals surface area contributed by atoms with Gasteiger partial charge in [-0.25, -0.2) is 9.37 Å². The van der Waals surface area contributed by atoms with Crippen molar-refractivity contribution in [3.05, 3.63) is 62.5 Å². The number of hydrogen-bond acceptors (Lipinski definition) is 2. The molecule has 2 aromatic rings. The van der Waals surface area contributed by atoms with E-state index in [0.29, 0.717) is 22.3 Å². The first-order valence-electron chi connectivity index (χ1n) is 5.04. The largest absolute Gasteiger partial charge is 0.295 e. The summed E-state index contributed by atoms with van der Waals surface area (Å²) in [6, 6.07) is 6.19. The van der Waals surface area contributed by atoms with Crippen LogP contribution in [0.1, 0.15) is 11.3 Å². The summed E-state index contributed by atoms with van der Waals surface area (Å²) in [6.07, 6.45) is 1.47. The zero-order chi connectivity index (χ0) is 12.4. The average Bonchev–Trinajstić information content (AvgIpc) is 2.28. The van der Waals surface area contributed by atoms with E-state index in [-0.39, 0.29) is 11.4 Å². The Bertz CT molecular complexity index is 610. The van der Waals surface area contributed by atoms with E-state index in [0.717, 1.165) is 0 Å². The second-order valence-electron chi connectivity index (χ2n) is 3.71. The maximum atomic E-state index is 13.3. The summed E-state index contributed by atoms with van der Waals surface area (Å²) in [6.45, 7) is 2.05. The fourth-order valence-electron chi connectivity index (χ4n) is 1.49. The number of aromatic nitrogens is 2. The molecule has 0 spiro atoms. The third kappa shape index (κ3) is 2.61. The molecule has 1 aromatic heterocycles. The molecule has 0 aliphatic rings. The van der Waals surface area contributed by atoms with Gasteiger partial charge in [-0.1, -0.05) is 12.1 Å². The Morgan fingerprint density at radius 2 is 2.24 bits per heavy atom. The summed E-state index contributed by atoms with van der Waals surface area (Å²) in [4.78, 5) is 15.7. The molecule has 0 bridgehead atoms. The van der Waals surface area contributed by atoms with E-state index in [1.165, 1.54) is 23.0 Å². The fraction of sp³-hybridized carbons (Fsp3) is 0.167. The molecular weight excluding hydrogens is 287 g/mol. The van der Waals surface area contributed by atoms with E-state index < -0.39 is 0 Å². The summed E-state index contributed by atoms with van der Waals surface area (Å²) in [5.41, 5.74) is 1.23. The van der Waals surface area contributed by atoms with Gasteiger partial charge in [0.2, 0.25) is 0 Å². The molecule has 0 radical (unpaired) electrons. The molecule has 1 aromatic carbocycles. The molecule has 0 fully saturated rings. The van der Waals surface area contributed by atoms with Crippen LogP contribution in [0.2, 0.25) is 0 Å². The molecule has 0 saturated heterocycles. The summed E-state index contributed by atoms with van der Waals surface area (Å²) in [5, 5.41) is 0. The summed E-state index contributed by atoms with van der Waals surface area (Å²) in [7, 11) is 0. The Balaban J connectivity index is 2.38. The summed E-state index contributed by atoms with van der Waals surface area (Å²) in [5.74, 6) is -0.337. The lowest BCUT2D eigenvalue weighted by Crippen LogP contribution is -2.20. The second-order valence-corrected chi connectivity index (χ2v) is 4.50. The van der Waals surface area contributed by atoms with Crippen LogP contribution in [0.25, 0.3) is 0 Å². The maximum Gasteiger partial charge on any atom is 0.253 e. The van der Waals surface area contributed by atoms with Crippen molar-refractivity contribution in [1.29, 1.82) is 0 Å². The molecule has 0 unspecified atom stereocenters. The highest BCUT2D eigenvalue weighted by Crippen LogP contribution is 2.20. The van der Waals surface area contributed by atoms with E-state index in [1.54, 1.807) is 19.1 Å². The molecule has 5 heteroatoms. The van der Waals surface area contributed by atoms with Gasteiger partial charge in [0, 0.05) is 11.8 Å². The van der Waals surface area contributed by atoms with E-state index in [1.807, 2.05) is 0 Å². The van der Waals surface area contributed by atoms with Crippen molar-refractivity contribution >= 4 is 15.9 Å². The molecule has 0 saturated carbocycles. The van der Waals surface area contributed by atoms with Crippen LogP contribution >= 0.6 is 15.9 Å². The predicted octanol–water partition coefficient (Wildman–Crippen LogP) is 2.50. The maximum absolute atomic E-state index is 13.3. The van der Waals surface area contributed by atoms with Gasteiger partial charge >= 0.3 is 0 Å². The summed E-state index contributed by atoms with van der Waals surface area (Å²) >= 11 is 3.17. The molecule has 3 nitrogen and oxygen atoms in total. The molecule has 88 valence electrons. The van der Waals surface area contributed by atoms with Gasteiger partial charge in [0.15, 0.2) is 0 Å². The van der Waals surface area contributed by atoms with E-state index in [9.17, 15) is 9.18 Å². The zero-order valence-electron chi connectivity index (χ0n) is 9.15. The van der Waals surface area contributed by atoms with Crippen molar-refractivity contribution in [3.8, 4) is 0 Å². The second kappa shape index (κ2) is 4.79. The predicted molar refractivity (Wildman–Crippen MR) is 66.4 cm³/mol. The smallest absolute Gasteiger partial charge is 0.253 e. The minimum Gasteiger partial charge on any atom is -0.295 e. The van der Waals surface area contributed by atoms with E-state index >= 15 is 0 Å². The van der Waals surface area contributed by atoms with Crippen LogP contribution in [0.4, 0.5) is 4.39 Å². The Hall–Kier alpha value is -1.49. The van der Waals surface area contributed by atoms with E-state index in [4.69, 9.17) is 0 Å². The molecule has 17 heavy (non-hydrogen) atoms. The Kier molecular flexibility index (Phi) is 3.38. The SMILES string of the molecule is Cc1cc(=O)n(Cc2cccc(F)c2Br)cn1. The van der Waals surface area contributed by atoms with Gasteiger partial charge in [-0.3, -0.25) is 9.36 Å². The Morgan fingerprint density at radius 3 is 2.94 bits per heavy atom. The normalized spacial score (nSPS) is 10.5. The van der Waals surface area contributed by atoms with Crippen LogP contribution in [0.3, 0.4) is 0 Å². The highest BCUT2D eigenvalue weighted by molar-refractivity contribution is 9.10. The van der Waals surface area contributed by atoms with E-state index in [2.05, 4.69) is 20.9 Å². The lowest BCUT2D eigenvalue weighted by Gasteiger charge is -2.07. The average molecular weight is 297 g/mol. The van der Waals surface area contributed by atoms with Crippen LogP contribution in [0, 0.1) is 12.7 Å². The quantitative estimate of drug-likeness (QED) is 0.853. The molecule has 1 heterocycles. The van der Waals surface area contributed by atoms with Gasteiger partial charge in [0.1, 0.15) is 5.82 Å². The number of halogens is 2. The highest BCUT2D eigenvalue weighted by atomic mass is 79.9. The molecule has 0 N–H and O–H groups in total. The molecule has 0 amide bonds. The van der Waals surface area contributed by atoms with Crippen LogP contribution in [0.15, 0.2) is 39.9 Å². The van der Waals surface area contributed by atoms with Crippen molar-refractivity contribution in [2.24, 2.45) is 0 Å². The van der Waals surface area contributed by atoms with Crippen molar-refractivity contribution in [1.82, 2.24) is 9.55 Å². The fourth-order valence-corrected chi connectivity index (χ4v) is 1.88. The minimum absolute atomic E-state index is 0.145. The molecule has 0 aliphatic carbocycles. The summed E-state index contributed by atoms with van der Waals surface area (Å²) < 4.78 is 15.1. The first-order chi connectivity index (χ1) is 8.08. The van der Waals surface area contributed by atoms with Crippen molar-refractivity contribution < 1.29 is 4.39 Å². The van der Waals surface area contributed by atoms with Crippen LogP contribution < -0.4 is 5.56 Å². The van der Waals surface area contributed by atoms with Gasteiger partial charge in [0.05, 0.1) is 17.3 Å². The monoisotopic (exact) mass is 296 g/mol. The van der Waals surface area contributed by atoms with Gasteiger partial charge in [0.25, 0.3) is 5.56 Å². The van der Waals surface area contributed by atoms with Gasteiger partial charge in [-0.15, -0.1) is 0 Å². The van der Waals surface area contributed by atoms with Crippen molar-refractivity contribution in [3.63, 3.8) is 0 Å². The topological polar surface area (TPSA) is 34.9 Å². The third-order valence-corrected chi connectivity index (χ3v) is 3.28.